The molecule has 2 rings (SSSR count). The molecular weight excluding hydrogens is 300 g/mol. The van der Waals surface area contributed by atoms with E-state index in [1.165, 1.54) is 0 Å². The van der Waals surface area contributed by atoms with Crippen molar-refractivity contribution in [3.8, 4) is 5.69 Å². The van der Waals surface area contributed by atoms with Gasteiger partial charge in [-0.15, -0.1) is 5.10 Å². The number of aromatic nitrogens is 3. The topological polar surface area (TPSA) is 83.0 Å². The highest BCUT2D eigenvalue weighted by atomic mass is 79.9. The summed E-state index contributed by atoms with van der Waals surface area (Å²) < 4.78 is 7.26. The molecule has 0 aliphatic heterocycles. The number of ether oxygens (including phenoxy) is 1. The molecule has 0 atom stereocenters. The fourth-order valence-corrected chi connectivity index (χ4v) is 1.83. The number of benzene rings is 1. The van der Waals surface area contributed by atoms with Crippen molar-refractivity contribution in [2.45, 2.75) is 13.5 Å². The molecule has 94 valence electrons. The molecule has 1 amide bonds. The van der Waals surface area contributed by atoms with E-state index in [1.807, 2.05) is 25.1 Å². The highest BCUT2D eigenvalue weighted by Crippen LogP contribution is 2.22. The maximum Gasteiger partial charge on any atom is 0.404 e. The fraction of sp³-hybridized carbons (Fsp3) is 0.182. The molecule has 6 nitrogen and oxygen atoms in total. The van der Waals surface area contributed by atoms with Crippen molar-refractivity contribution in [1.29, 1.82) is 0 Å². The van der Waals surface area contributed by atoms with Crippen molar-refractivity contribution in [3.63, 3.8) is 0 Å². The number of primary amides is 1. The van der Waals surface area contributed by atoms with E-state index in [0.29, 0.717) is 5.69 Å². The molecule has 1 aromatic heterocycles. The minimum absolute atomic E-state index is 0.0163. The first-order valence-electron chi connectivity index (χ1n) is 5.17. The maximum absolute atomic E-state index is 10.5. The second-order valence-electron chi connectivity index (χ2n) is 3.65. The van der Waals surface area contributed by atoms with E-state index in [-0.39, 0.29) is 6.61 Å². The summed E-state index contributed by atoms with van der Waals surface area (Å²) in [7, 11) is 0. The lowest BCUT2D eigenvalue weighted by molar-refractivity contribution is 0.149. The number of halogens is 1. The van der Waals surface area contributed by atoms with Crippen LogP contribution in [0, 0.1) is 6.92 Å². The highest BCUT2D eigenvalue weighted by Gasteiger charge is 2.08. The summed E-state index contributed by atoms with van der Waals surface area (Å²) in [6.45, 7) is 1.99. The summed E-state index contributed by atoms with van der Waals surface area (Å²) >= 11 is 3.45. The van der Waals surface area contributed by atoms with E-state index < -0.39 is 6.09 Å². The van der Waals surface area contributed by atoms with Crippen molar-refractivity contribution < 1.29 is 9.53 Å². The Morgan fingerprint density at radius 1 is 1.56 bits per heavy atom. The minimum Gasteiger partial charge on any atom is -0.443 e. The quantitative estimate of drug-likeness (QED) is 0.939. The van der Waals surface area contributed by atoms with Crippen molar-refractivity contribution in [1.82, 2.24) is 15.0 Å². The van der Waals surface area contributed by atoms with Crippen LogP contribution >= 0.6 is 15.9 Å². The molecule has 1 aromatic carbocycles. The standard InChI is InChI=1S/C11H11BrN4O2/c1-7-9(12)3-2-4-10(7)16-5-8(14-15-16)6-18-11(13)17/h2-5H,6H2,1H3,(H2,13,17). The maximum atomic E-state index is 10.5. The van der Waals surface area contributed by atoms with Crippen LogP contribution in [0.1, 0.15) is 11.3 Å². The first kappa shape index (κ1) is 12.6. The van der Waals surface area contributed by atoms with Crippen molar-refractivity contribution in [2.24, 2.45) is 5.73 Å². The van der Waals surface area contributed by atoms with Crippen LogP contribution in [0.3, 0.4) is 0 Å². The molecule has 0 unspecified atom stereocenters. The summed E-state index contributed by atoms with van der Waals surface area (Å²) in [5.74, 6) is 0. The molecule has 0 aliphatic carbocycles. The molecule has 0 bridgehead atoms. The minimum atomic E-state index is -0.830. The molecule has 0 saturated heterocycles. The van der Waals surface area contributed by atoms with Crippen LogP contribution in [-0.4, -0.2) is 21.1 Å². The zero-order valence-electron chi connectivity index (χ0n) is 9.63. The number of nitrogens with zero attached hydrogens (tertiary/aromatic N) is 3. The van der Waals surface area contributed by atoms with E-state index in [2.05, 4.69) is 31.0 Å². The third kappa shape index (κ3) is 2.67. The van der Waals surface area contributed by atoms with Gasteiger partial charge in [0.2, 0.25) is 0 Å². The molecule has 0 radical (unpaired) electrons. The molecule has 0 fully saturated rings. The predicted molar refractivity (Wildman–Crippen MR) is 68.2 cm³/mol. The summed E-state index contributed by atoms with van der Waals surface area (Å²) in [4.78, 5) is 10.5. The Kier molecular flexibility index (Phi) is 3.61. The number of amides is 1. The molecular formula is C11H11BrN4O2. The number of nitrogens with two attached hydrogens (primary N) is 1. The number of hydrogen-bond donors (Lipinski definition) is 1. The fourth-order valence-electron chi connectivity index (χ4n) is 1.47. The molecule has 7 heteroatoms. The summed E-state index contributed by atoms with van der Waals surface area (Å²) in [6, 6.07) is 5.79. The van der Waals surface area contributed by atoms with Gasteiger partial charge < -0.3 is 10.5 Å². The van der Waals surface area contributed by atoms with Crippen LogP contribution in [-0.2, 0) is 11.3 Å². The van der Waals surface area contributed by atoms with Gasteiger partial charge in [-0.05, 0) is 24.6 Å². The molecule has 1 heterocycles. The Bertz CT molecular complexity index is 582. The highest BCUT2D eigenvalue weighted by molar-refractivity contribution is 9.10. The molecule has 18 heavy (non-hydrogen) atoms. The average Bonchev–Trinajstić information content (AvgIpc) is 2.78. The smallest absolute Gasteiger partial charge is 0.404 e. The summed E-state index contributed by atoms with van der Waals surface area (Å²) in [5, 5.41) is 7.88. The van der Waals surface area contributed by atoms with Gasteiger partial charge in [-0.2, -0.15) is 0 Å². The Morgan fingerprint density at radius 3 is 3.06 bits per heavy atom. The normalized spacial score (nSPS) is 10.3. The molecule has 2 aromatic rings. The van der Waals surface area contributed by atoms with Crippen LogP contribution in [0.25, 0.3) is 5.69 Å². The summed E-state index contributed by atoms with van der Waals surface area (Å²) in [6.07, 6.45) is 0.862. The number of rotatable bonds is 3. The van der Waals surface area contributed by atoms with Crippen molar-refractivity contribution in [3.05, 3.63) is 40.1 Å². The summed E-state index contributed by atoms with van der Waals surface area (Å²) in [5.41, 5.74) is 7.37. The lowest BCUT2D eigenvalue weighted by Gasteiger charge is -2.05. The van der Waals surface area contributed by atoms with Gasteiger partial charge in [-0.3, -0.25) is 0 Å². The zero-order valence-corrected chi connectivity index (χ0v) is 11.2. The Balaban J connectivity index is 2.24. The molecule has 0 aliphatic rings. The average molecular weight is 311 g/mol. The Morgan fingerprint density at radius 2 is 2.33 bits per heavy atom. The van der Waals surface area contributed by atoms with Crippen LogP contribution in [0.4, 0.5) is 4.79 Å². The van der Waals surface area contributed by atoms with Crippen LogP contribution in [0.2, 0.25) is 0 Å². The third-order valence-corrected chi connectivity index (χ3v) is 3.25. The van der Waals surface area contributed by atoms with Crippen molar-refractivity contribution in [2.75, 3.05) is 0 Å². The van der Waals surface area contributed by atoms with Gasteiger partial charge in [0.25, 0.3) is 0 Å². The van der Waals surface area contributed by atoms with Gasteiger partial charge in [0.1, 0.15) is 12.3 Å². The number of hydrogen-bond acceptors (Lipinski definition) is 4. The SMILES string of the molecule is Cc1c(Br)cccc1-n1cc(COC(N)=O)nn1. The Labute approximate surface area is 112 Å². The third-order valence-electron chi connectivity index (χ3n) is 2.39. The first-order valence-corrected chi connectivity index (χ1v) is 5.96. The van der Waals surface area contributed by atoms with Crippen LogP contribution < -0.4 is 5.73 Å². The van der Waals surface area contributed by atoms with E-state index in [4.69, 9.17) is 5.73 Å². The molecule has 0 saturated carbocycles. The van der Waals surface area contributed by atoms with Crippen molar-refractivity contribution >= 4 is 22.0 Å². The second-order valence-corrected chi connectivity index (χ2v) is 4.50. The van der Waals surface area contributed by atoms with Gasteiger partial charge in [-0.25, -0.2) is 9.48 Å². The Hall–Kier alpha value is -1.89. The number of carbonyl (C=O) groups is 1. The monoisotopic (exact) mass is 310 g/mol. The van der Waals surface area contributed by atoms with E-state index in [9.17, 15) is 4.79 Å². The second kappa shape index (κ2) is 5.18. The van der Waals surface area contributed by atoms with Gasteiger partial charge in [-0.1, -0.05) is 27.2 Å². The van der Waals surface area contributed by atoms with Crippen LogP contribution in [0.5, 0.6) is 0 Å². The van der Waals surface area contributed by atoms with Gasteiger partial charge in [0.05, 0.1) is 11.9 Å². The van der Waals surface area contributed by atoms with Crippen LogP contribution in [0.15, 0.2) is 28.9 Å². The van der Waals surface area contributed by atoms with Gasteiger partial charge in [0, 0.05) is 4.47 Å². The van der Waals surface area contributed by atoms with E-state index >= 15 is 0 Å². The lowest BCUT2D eigenvalue weighted by atomic mass is 10.2. The zero-order chi connectivity index (χ0) is 13.1. The largest absolute Gasteiger partial charge is 0.443 e. The van der Waals surface area contributed by atoms with E-state index in [1.54, 1.807) is 10.9 Å². The van der Waals surface area contributed by atoms with Gasteiger partial charge in [0.15, 0.2) is 0 Å². The van der Waals surface area contributed by atoms with E-state index in [0.717, 1.165) is 15.7 Å². The van der Waals surface area contributed by atoms with Gasteiger partial charge >= 0.3 is 6.09 Å². The molecule has 0 spiro atoms. The predicted octanol–water partition coefficient (Wildman–Crippen LogP) is 1.93. The first-order chi connectivity index (χ1) is 8.58. The lowest BCUT2D eigenvalue weighted by Crippen LogP contribution is -2.12. The molecule has 2 N–H and O–H groups in total. The number of carbonyl (C=O) groups excluding carboxylic acids is 1.